The number of amides is 4. The van der Waals surface area contributed by atoms with Crippen LogP contribution in [-0.4, -0.2) is 189 Å². The standard InChI is InChI=1S/4C24H33N3O2/c4*1-3-10-27-15-17(13-26-23(29)9-4-6-16(2)28)11-20-19-7-5-8-21-24(19)18(14-25-21)12-22(20)27/h4*5,7-8,14,17,20,22,25H,3-4,6,9-13,15H2,1-2H3,(H,26,29)/t4*17-,20+,22+/m0000/s1. The topological polar surface area (TPSA) is 261 Å². The van der Waals surface area contributed by atoms with Crippen molar-refractivity contribution >= 4 is 90.4 Å². The molecule has 0 unspecified atom stereocenters. The number of H-pyrrole nitrogens is 4. The van der Waals surface area contributed by atoms with Gasteiger partial charge >= 0.3 is 0 Å². The number of carbonyl (C=O) groups is 8. The number of hydrogen-bond donors (Lipinski definition) is 8. The van der Waals surface area contributed by atoms with E-state index in [0.717, 1.165) is 156 Å². The fourth-order valence-electron chi connectivity index (χ4n) is 21.7. The van der Waals surface area contributed by atoms with Crippen molar-refractivity contribution in [3.8, 4) is 0 Å². The summed E-state index contributed by atoms with van der Waals surface area (Å²) in [7, 11) is 0. The minimum absolute atomic E-state index is 0.0779. The minimum Gasteiger partial charge on any atom is -0.361 e. The molecule has 4 aliphatic carbocycles. The zero-order valence-corrected chi connectivity index (χ0v) is 70.7. The lowest BCUT2D eigenvalue weighted by atomic mass is 9.72. The molecule has 8 aromatic rings. The molecular formula is C96H132N12O8. The van der Waals surface area contributed by atoms with Crippen LogP contribution >= 0.6 is 0 Å². The molecular weight excluding hydrogens is 1450 g/mol. The van der Waals surface area contributed by atoms with E-state index in [0.29, 0.717) is 149 Å². The van der Waals surface area contributed by atoms with E-state index in [4.69, 9.17) is 0 Å². The Kier molecular flexibility index (Phi) is 29.6. The van der Waals surface area contributed by atoms with Crippen LogP contribution < -0.4 is 21.3 Å². The van der Waals surface area contributed by atoms with Gasteiger partial charge in [-0.2, -0.15) is 0 Å². The molecule has 116 heavy (non-hydrogen) atoms. The van der Waals surface area contributed by atoms with Crippen LogP contribution in [-0.2, 0) is 64.0 Å². The number of nitrogens with zero attached hydrogens (tertiary/aromatic N) is 4. The summed E-state index contributed by atoms with van der Waals surface area (Å²) in [6.07, 6.45) is 28.7. The van der Waals surface area contributed by atoms with E-state index in [1.807, 2.05) is 0 Å². The van der Waals surface area contributed by atoms with Crippen molar-refractivity contribution in [1.82, 2.24) is 60.8 Å². The normalized spacial score (nSPS) is 23.7. The van der Waals surface area contributed by atoms with Crippen molar-refractivity contribution in [1.29, 1.82) is 0 Å². The van der Waals surface area contributed by atoms with Crippen molar-refractivity contribution < 1.29 is 38.4 Å². The molecule has 4 amide bonds. The molecule has 20 nitrogen and oxygen atoms in total. The van der Waals surface area contributed by atoms with Gasteiger partial charge in [-0.15, -0.1) is 0 Å². The van der Waals surface area contributed by atoms with Crippen LogP contribution in [0.4, 0.5) is 0 Å². The molecule has 0 saturated carbocycles. The highest BCUT2D eigenvalue weighted by Gasteiger charge is 2.45. The first-order valence-corrected chi connectivity index (χ1v) is 44.6. The fourth-order valence-corrected chi connectivity index (χ4v) is 21.7. The second-order valence-electron chi connectivity index (χ2n) is 35.7. The maximum atomic E-state index is 12.2. The number of hydrogen-bond acceptors (Lipinski definition) is 12. The van der Waals surface area contributed by atoms with Gasteiger partial charge in [-0.25, -0.2) is 0 Å². The summed E-state index contributed by atoms with van der Waals surface area (Å²) in [6, 6.07) is 28.9. The molecule has 0 spiro atoms. The maximum Gasteiger partial charge on any atom is 0.220 e. The third kappa shape index (κ3) is 20.7. The third-order valence-corrected chi connectivity index (χ3v) is 26.8. The van der Waals surface area contributed by atoms with Crippen LogP contribution in [0.3, 0.4) is 0 Å². The highest BCUT2D eigenvalue weighted by molar-refractivity contribution is 5.92. The van der Waals surface area contributed by atoms with Gasteiger partial charge in [0.2, 0.25) is 23.6 Å². The molecule has 8 aliphatic rings. The minimum atomic E-state index is 0.0779. The predicted octanol–water partition coefficient (Wildman–Crippen LogP) is 15.1. The molecule has 624 valence electrons. The van der Waals surface area contributed by atoms with Crippen LogP contribution in [0.1, 0.15) is 252 Å². The molecule has 16 rings (SSSR count). The van der Waals surface area contributed by atoms with Crippen LogP contribution in [0.15, 0.2) is 97.6 Å². The maximum absolute atomic E-state index is 12.2. The smallest absolute Gasteiger partial charge is 0.220 e. The molecule has 4 aliphatic heterocycles. The lowest BCUT2D eigenvalue weighted by molar-refractivity contribution is -0.123. The first kappa shape index (κ1) is 85.3. The van der Waals surface area contributed by atoms with E-state index in [1.54, 1.807) is 27.7 Å². The van der Waals surface area contributed by atoms with Gasteiger partial charge in [0.1, 0.15) is 23.1 Å². The summed E-state index contributed by atoms with van der Waals surface area (Å²) in [5.41, 5.74) is 16.7. The lowest BCUT2D eigenvalue weighted by Crippen LogP contribution is -2.52. The largest absolute Gasteiger partial charge is 0.361 e. The number of piperidine rings is 4. The number of likely N-dealkylation sites (tertiary alicyclic amines) is 4. The van der Waals surface area contributed by atoms with Gasteiger partial charge in [0.25, 0.3) is 0 Å². The Hall–Kier alpha value is -8.56. The predicted molar refractivity (Wildman–Crippen MR) is 464 cm³/mol. The Labute approximate surface area is 687 Å². The number of rotatable bonds is 32. The van der Waals surface area contributed by atoms with Crippen LogP contribution in [0, 0.1) is 23.7 Å². The summed E-state index contributed by atoms with van der Waals surface area (Å²) >= 11 is 0. The van der Waals surface area contributed by atoms with E-state index in [1.165, 1.54) is 88.1 Å². The molecule has 20 heteroatoms. The van der Waals surface area contributed by atoms with E-state index in [-0.39, 0.29) is 46.8 Å². The Bertz CT molecular complexity index is 4130. The Morgan fingerprint density at radius 1 is 0.319 bits per heavy atom. The van der Waals surface area contributed by atoms with Gasteiger partial charge in [0, 0.05) is 220 Å². The summed E-state index contributed by atoms with van der Waals surface area (Å²) in [4.78, 5) is 118. The zero-order valence-electron chi connectivity index (χ0n) is 70.7. The molecule has 8 heterocycles. The average molecular weight is 1580 g/mol. The van der Waals surface area contributed by atoms with Crippen LogP contribution in [0.2, 0.25) is 0 Å². The van der Waals surface area contributed by atoms with Crippen LogP contribution in [0.25, 0.3) is 43.6 Å². The van der Waals surface area contributed by atoms with Crippen LogP contribution in [0.5, 0.6) is 0 Å². The lowest BCUT2D eigenvalue weighted by Gasteiger charge is -2.47. The molecule has 4 saturated heterocycles. The fraction of sp³-hybridized carbons (Fsp3) is 0.583. The highest BCUT2D eigenvalue weighted by Crippen LogP contribution is 2.49. The number of fused-ring (bicyclic) bond motifs is 8. The number of ketones is 4. The Balaban J connectivity index is 0.000000135. The molecule has 0 bridgehead atoms. The van der Waals surface area contributed by atoms with E-state index in [2.05, 4.69) is 186 Å². The summed E-state index contributed by atoms with van der Waals surface area (Å²) < 4.78 is 0. The van der Waals surface area contributed by atoms with Gasteiger partial charge in [-0.3, -0.25) is 38.8 Å². The van der Waals surface area contributed by atoms with Gasteiger partial charge in [-0.1, -0.05) is 76.2 Å². The molecule has 4 fully saturated rings. The van der Waals surface area contributed by atoms with Gasteiger partial charge < -0.3 is 60.4 Å². The SMILES string of the molecule is CCCN1C[C@H](CNC(=O)CCCC(C)=O)C[C@@H]2c3cccc4[nH]cc(c34)C[C@H]21.CCCN1C[C@H](CNC(=O)CCCC(C)=O)C[C@@H]2c3cccc4[nH]cc(c34)C[C@H]21.CCCN1C[C@H](CNC(=O)CCCC(C)=O)C[C@@H]2c3cccc4[nH]cc(c34)C[C@H]21.CCCN1C[C@H](CNC(=O)CCCC(C)=O)C[C@@H]2c3cccc4[nH]cc(c34)C[C@H]21. The highest BCUT2D eigenvalue weighted by atomic mass is 16.2. The first-order chi connectivity index (χ1) is 56.3. The van der Waals surface area contributed by atoms with Gasteiger partial charge in [0.15, 0.2) is 0 Å². The van der Waals surface area contributed by atoms with E-state index >= 15 is 0 Å². The molecule has 12 atom stereocenters. The number of carbonyl (C=O) groups excluding carboxylic acids is 8. The summed E-state index contributed by atoms with van der Waals surface area (Å²) in [6.45, 7) is 26.9. The Morgan fingerprint density at radius 3 is 0.733 bits per heavy atom. The Morgan fingerprint density at radius 2 is 0.534 bits per heavy atom. The summed E-state index contributed by atoms with van der Waals surface area (Å²) in [5.74, 6) is 4.92. The molecule has 0 radical (unpaired) electrons. The third-order valence-electron chi connectivity index (χ3n) is 26.8. The molecule has 4 aromatic heterocycles. The monoisotopic (exact) mass is 1580 g/mol. The molecule has 8 N–H and O–H groups in total. The van der Waals surface area contributed by atoms with Crippen molar-refractivity contribution in [3.63, 3.8) is 0 Å². The number of nitrogens with one attached hydrogen (secondary N) is 8. The van der Waals surface area contributed by atoms with E-state index < -0.39 is 0 Å². The number of benzene rings is 4. The van der Waals surface area contributed by atoms with Gasteiger partial charge in [-0.05, 0) is 249 Å². The van der Waals surface area contributed by atoms with Crippen molar-refractivity contribution in [2.45, 2.75) is 257 Å². The number of aromatic amines is 4. The second-order valence-corrected chi connectivity index (χ2v) is 35.7. The average Bonchev–Trinajstić information content (AvgIpc) is 1.51. The quantitative estimate of drug-likeness (QED) is 0.0196. The summed E-state index contributed by atoms with van der Waals surface area (Å²) in [5, 5.41) is 18.3. The zero-order chi connectivity index (χ0) is 81.5. The van der Waals surface area contributed by atoms with E-state index in [9.17, 15) is 38.4 Å². The first-order valence-electron chi connectivity index (χ1n) is 44.6. The number of Topliss-reactive ketones (excluding diaryl/α,β-unsaturated/α-hetero) is 4. The van der Waals surface area contributed by atoms with Gasteiger partial charge in [0.05, 0.1) is 0 Å². The van der Waals surface area contributed by atoms with Crippen molar-refractivity contribution in [2.75, 3.05) is 78.5 Å². The van der Waals surface area contributed by atoms with Crippen molar-refractivity contribution in [2.24, 2.45) is 23.7 Å². The number of aromatic nitrogens is 4. The van der Waals surface area contributed by atoms with Crippen molar-refractivity contribution in [3.05, 3.63) is 142 Å². The molecule has 4 aromatic carbocycles. The second kappa shape index (κ2) is 40.3.